The van der Waals surface area contributed by atoms with Gasteiger partial charge in [-0.2, -0.15) is 0 Å². The van der Waals surface area contributed by atoms with Crippen molar-refractivity contribution in [3.05, 3.63) is 5.92 Å². The highest BCUT2D eigenvalue weighted by Gasteiger charge is 2.81. The summed E-state index contributed by atoms with van der Waals surface area (Å²) < 4.78 is -26.2. The van der Waals surface area contributed by atoms with Gasteiger partial charge in [-0.3, -0.25) is 0 Å². The second kappa shape index (κ2) is 11.2. The lowest BCUT2D eigenvalue weighted by Gasteiger charge is -2.54. The number of rotatable bonds is 6. The molecule has 21 heteroatoms. The van der Waals surface area contributed by atoms with Crippen molar-refractivity contribution in [1.29, 1.82) is 0 Å². The molecule has 31 heavy (non-hydrogen) atoms. The van der Waals surface area contributed by atoms with Crippen LogP contribution < -0.4 is 0 Å². The van der Waals surface area contributed by atoms with Crippen molar-refractivity contribution in [1.82, 2.24) is 0 Å². The van der Waals surface area contributed by atoms with Gasteiger partial charge in [0.05, 0.1) is 0 Å². The fourth-order valence-corrected chi connectivity index (χ4v) is 9.15. The van der Waals surface area contributed by atoms with E-state index in [4.69, 9.17) is 244 Å². The van der Waals surface area contributed by atoms with E-state index in [-0.39, 0.29) is 0 Å². The summed E-state index contributed by atoms with van der Waals surface area (Å²) in [7, 11) is 0. The molecule has 0 spiro atoms. The first-order chi connectivity index (χ1) is 12.9. The van der Waals surface area contributed by atoms with E-state index in [1.165, 1.54) is 0 Å². The van der Waals surface area contributed by atoms with Crippen molar-refractivity contribution >= 4 is 244 Å². The Bertz CT molecular complexity index is 627. The summed E-state index contributed by atoms with van der Waals surface area (Å²) in [6.07, 6.45) is 0. The quantitative estimate of drug-likeness (QED) is 0.233. The summed E-state index contributed by atoms with van der Waals surface area (Å²) in [5.41, 5.74) is 0. The Morgan fingerprint density at radius 2 is 0.516 bits per heavy atom. The topological polar surface area (TPSA) is 0 Å². The molecule has 0 aromatic heterocycles. The number of alkyl halides is 21. The molecule has 0 fully saturated rings. The zero-order chi connectivity index (χ0) is 26.1. The van der Waals surface area contributed by atoms with Crippen LogP contribution in [0.4, 0.5) is 0 Å². The minimum atomic E-state index is -3.14. The fraction of sp³-hybridized carbons (Fsp3) is 0.900. The zero-order valence-corrected chi connectivity index (χ0v) is 28.8. The SMILES string of the molecule is ClC(Cl)(Cl)[C](C(Cl)(Cl)Cl)C(Cl)(Cl)C(Cl)(Cl)C(Cl)(Cl)C(Cl)(Cl)C(Cl)(Cl)C(Cl)(Cl)C(Cl)(Cl)Cl. The average molecular weight is 865 g/mol. The lowest BCUT2D eigenvalue weighted by atomic mass is 9.98. The first-order valence-electron chi connectivity index (χ1n) is 6.22. The Kier molecular flexibility index (Phi) is 13.4. The van der Waals surface area contributed by atoms with Gasteiger partial charge in [0, 0.05) is 0 Å². The Balaban J connectivity index is 6.96. The van der Waals surface area contributed by atoms with Gasteiger partial charge >= 0.3 is 0 Å². The summed E-state index contributed by atoms with van der Waals surface area (Å²) in [5, 5.41) is 0. The molecule has 0 N–H and O–H groups in total. The van der Waals surface area contributed by atoms with Gasteiger partial charge in [0.2, 0.25) is 15.7 Å². The molecular formula is C10Cl21. The van der Waals surface area contributed by atoms with Crippen LogP contribution in [0.5, 0.6) is 0 Å². The molecule has 0 nitrogen and oxygen atoms in total. The first-order valence-corrected chi connectivity index (χ1v) is 14.2. The Morgan fingerprint density at radius 3 is 0.742 bits per heavy atom. The summed E-state index contributed by atoms with van der Waals surface area (Å²) in [6.45, 7) is 0. The van der Waals surface area contributed by atoms with E-state index in [1.54, 1.807) is 0 Å². The molecule has 0 aromatic carbocycles. The van der Waals surface area contributed by atoms with Gasteiger partial charge in [0.15, 0.2) is 21.7 Å². The third-order valence-electron chi connectivity index (χ3n) is 3.21. The lowest BCUT2D eigenvalue weighted by Crippen LogP contribution is -2.70. The monoisotopic (exact) mass is 854 g/mol. The largest absolute Gasteiger partial charge is 0.226 e. The maximum atomic E-state index is 6.27. The van der Waals surface area contributed by atoms with Crippen LogP contribution in [0, 0.1) is 5.92 Å². The van der Waals surface area contributed by atoms with Crippen molar-refractivity contribution in [3.8, 4) is 0 Å². The smallest absolute Gasteiger partial charge is 0.0972 e. The highest BCUT2D eigenvalue weighted by molar-refractivity contribution is 6.83. The minimum absolute atomic E-state index is 0.982. The first kappa shape index (κ1) is 37.1. The van der Waals surface area contributed by atoms with E-state index < -0.39 is 43.3 Å². The van der Waals surface area contributed by atoms with Crippen LogP contribution in [0.1, 0.15) is 0 Å². The van der Waals surface area contributed by atoms with E-state index in [0.717, 1.165) is 0 Å². The van der Waals surface area contributed by atoms with Gasteiger partial charge in [-0.25, -0.2) is 0 Å². The van der Waals surface area contributed by atoms with Crippen LogP contribution in [-0.2, 0) is 0 Å². The zero-order valence-electron chi connectivity index (χ0n) is 12.9. The normalized spacial score (nSPS) is 16.8. The summed E-state index contributed by atoms with van der Waals surface area (Å²) >= 11 is 126. The molecule has 0 amide bonds. The molecule has 0 bridgehead atoms. The second-order valence-electron chi connectivity index (χ2n) is 5.31. The standard InChI is InChI=1S/C10Cl21/c11-2(12,1(3(13,14)15)4(16,17)18)5(19,20)6(21,22)7(23,24)8(25,26)9(27,28)10(29,30)31. The van der Waals surface area contributed by atoms with Crippen molar-refractivity contribution in [2.75, 3.05) is 0 Å². The van der Waals surface area contributed by atoms with Crippen LogP contribution in [0.3, 0.4) is 0 Å². The van der Waals surface area contributed by atoms with E-state index in [2.05, 4.69) is 0 Å². The number of halogens is 21. The Morgan fingerprint density at radius 1 is 0.290 bits per heavy atom. The minimum Gasteiger partial charge on any atom is -0.0972 e. The lowest BCUT2D eigenvalue weighted by molar-refractivity contribution is 0.467. The van der Waals surface area contributed by atoms with Gasteiger partial charge in [0.1, 0.15) is 5.92 Å². The maximum Gasteiger partial charge on any atom is 0.226 e. The highest BCUT2D eigenvalue weighted by Crippen LogP contribution is 2.73. The molecule has 0 aliphatic heterocycles. The molecule has 0 saturated carbocycles. The van der Waals surface area contributed by atoms with Gasteiger partial charge in [-0.15, -0.1) is 0 Å². The highest BCUT2D eigenvalue weighted by atomic mass is 35.6. The fourth-order valence-electron chi connectivity index (χ4n) is 1.64. The van der Waals surface area contributed by atoms with E-state index in [9.17, 15) is 0 Å². The average Bonchev–Trinajstić information content (AvgIpc) is 2.40. The Hall–Kier alpha value is 6.09. The van der Waals surface area contributed by atoms with E-state index in [1.807, 2.05) is 0 Å². The van der Waals surface area contributed by atoms with E-state index >= 15 is 0 Å². The van der Waals surface area contributed by atoms with Crippen molar-refractivity contribution in [2.45, 2.75) is 37.4 Å². The van der Waals surface area contributed by atoms with Crippen LogP contribution >= 0.6 is 244 Å². The molecule has 1 radical (unpaired) electrons. The van der Waals surface area contributed by atoms with Crippen LogP contribution in [0.2, 0.25) is 0 Å². The van der Waals surface area contributed by atoms with Gasteiger partial charge in [-0.05, 0) is 0 Å². The van der Waals surface area contributed by atoms with Crippen molar-refractivity contribution < 1.29 is 0 Å². The molecule has 0 heterocycles. The van der Waals surface area contributed by atoms with Gasteiger partial charge < -0.3 is 0 Å². The molecule has 0 unspecified atom stereocenters. The molecule has 0 aliphatic rings. The molecule has 0 aliphatic carbocycles. The second-order valence-corrected chi connectivity index (χ2v) is 20.1. The Labute approximate surface area is 282 Å². The maximum absolute atomic E-state index is 6.27. The van der Waals surface area contributed by atoms with E-state index in [0.29, 0.717) is 0 Å². The molecule has 0 aromatic rings. The third kappa shape index (κ3) is 6.88. The summed E-state index contributed by atoms with van der Waals surface area (Å²) in [6, 6.07) is 0. The van der Waals surface area contributed by atoms with Crippen molar-refractivity contribution in [2.24, 2.45) is 0 Å². The van der Waals surface area contributed by atoms with Crippen LogP contribution in [0.25, 0.3) is 0 Å². The molecular weight excluding hydrogens is 865 g/mol. The van der Waals surface area contributed by atoms with Gasteiger partial charge in [0.25, 0.3) is 0 Å². The summed E-state index contributed by atoms with van der Waals surface area (Å²) in [5.74, 6) is -0.982. The third-order valence-corrected chi connectivity index (χ3v) is 14.3. The molecule has 0 rings (SSSR count). The van der Waals surface area contributed by atoms with Crippen molar-refractivity contribution in [3.63, 3.8) is 0 Å². The van der Waals surface area contributed by atoms with Crippen LogP contribution in [-0.4, -0.2) is 37.4 Å². The van der Waals surface area contributed by atoms with Gasteiger partial charge in [-0.1, -0.05) is 244 Å². The predicted octanol–water partition coefficient (Wildman–Crippen LogP) is 12.7. The molecule has 187 valence electrons. The number of hydrogen-bond acceptors (Lipinski definition) is 0. The molecule has 0 saturated heterocycles. The summed E-state index contributed by atoms with van der Waals surface area (Å²) in [4.78, 5) is 0. The number of hydrogen-bond donors (Lipinski definition) is 0. The molecule has 0 atom stereocenters. The van der Waals surface area contributed by atoms with Crippen LogP contribution in [0.15, 0.2) is 0 Å². The predicted molar refractivity (Wildman–Crippen MR) is 151 cm³/mol.